The number of anilines is 2. The van der Waals surface area contributed by atoms with Crippen LogP contribution in [-0.2, 0) is 4.79 Å². The molecule has 1 aliphatic rings. The molecule has 1 N–H and O–H groups in total. The van der Waals surface area contributed by atoms with Crippen LogP contribution in [0.2, 0.25) is 0 Å². The van der Waals surface area contributed by atoms with Gasteiger partial charge in [-0.15, -0.1) is 0 Å². The van der Waals surface area contributed by atoms with Gasteiger partial charge < -0.3 is 10.2 Å². The summed E-state index contributed by atoms with van der Waals surface area (Å²) in [4.78, 5) is 13.1. The maximum absolute atomic E-state index is 11.5. The second-order valence-corrected chi connectivity index (χ2v) is 5.03. The molecule has 0 unspecified atom stereocenters. The fraction of sp³-hybridized carbons (Fsp3) is 0.188. The Morgan fingerprint density at radius 1 is 1.50 bits per heavy atom. The topological polar surface area (TPSA) is 74.0 Å². The van der Waals surface area contributed by atoms with E-state index >= 15 is 0 Å². The molecule has 2 aromatic rings. The number of carbonyl (C=O) groups is 1. The van der Waals surface area contributed by atoms with E-state index in [9.17, 15) is 4.79 Å². The fourth-order valence-electron chi connectivity index (χ4n) is 2.41. The number of nitrogens with zero attached hydrogens (tertiary/aromatic N) is 4. The second kappa shape index (κ2) is 5.37. The summed E-state index contributed by atoms with van der Waals surface area (Å²) in [6.45, 7) is 2.16. The van der Waals surface area contributed by atoms with Gasteiger partial charge in [0.2, 0.25) is 5.91 Å². The first-order valence-corrected chi connectivity index (χ1v) is 6.89. The molecule has 1 aliphatic heterocycles. The number of fused-ring (bicyclic) bond motifs is 1. The molecule has 0 bridgehead atoms. The monoisotopic (exact) mass is 293 g/mol. The van der Waals surface area contributed by atoms with Crippen molar-refractivity contribution in [3.63, 3.8) is 0 Å². The molecule has 6 nitrogen and oxygen atoms in total. The van der Waals surface area contributed by atoms with E-state index in [0.29, 0.717) is 17.9 Å². The van der Waals surface area contributed by atoms with Crippen LogP contribution in [0.3, 0.4) is 0 Å². The SMILES string of the molecule is CC(=O)N(C)c1cccc(C2=CCNc3c(C#N)cnn32)c1. The quantitative estimate of drug-likeness (QED) is 0.919. The molecule has 3 rings (SSSR count). The number of nitriles is 1. The van der Waals surface area contributed by atoms with Crippen LogP contribution in [0.1, 0.15) is 18.1 Å². The molecule has 0 spiro atoms. The number of hydrogen-bond acceptors (Lipinski definition) is 4. The predicted molar refractivity (Wildman–Crippen MR) is 84.3 cm³/mol. The van der Waals surface area contributed by atoms with E-state index in [4.69, 9.17) is 5.26 Å². The lowest BCUT2D eigenvalue weighted by Crippen LogP contribution is -2.23. The molecule has 1 aromatic heterocycles. The number of benzene rings is 1. The molecule has 0 aliphatic carbocycles. The summed E-state index contributed by atoms with van der Waals surface area (Å²) < 4.78 is 1.72. The van der Waals surface area contributed by atoms with Crippen molar-refractivity contribution in [2.75, 3.05) is 23.8 Å². The lowest BCUT2D eigenvalue weighted by molar-refractivity contribution is -0.116. The molecular weight excluding hydrogens is 278 g/mol. The van der Waals surface area contributed by atoms with Crippen LogP contribution in [0.15, 0.2) is 36.5 Å². The van der Waals surface area contributed by atoms with Crippen LogP contribution >= 0.6 is 0 Å². The smallest absolute Gasteiger partial charge is 0.223 e. The highest BCUT2D eigenvalue weighted by molar-refractivity contribution is 5.91. The number of rotatable bonds is 2. The van der Waals surface area contributed by atoms with Crippen molar-refractivity contribution < 1.29 is 4.79 Å². The van der Waals surface area contributed by atoms with Crippen LogP contribution in [0, 0.1) is 11.3 Å². The van der Waals surface area contributed by atoms with Crippen molar-refractivity contribution in [1.82, 2.24) is 9.78 Å². The van der Waals surface area contributed by atoms with Crippen LogP contribution < -0.4 is 10.2 Å². The van der Waals surface area contributed by atoms with E-state index in [0.717, 1.165) is 16.9 Å². The number of aromatic nitrogens is 2. The van der Waals surface area contributed by atoms with Crippen LogP contribution in [0.4, 0.5) is 11.5 Å². The lowest BCUT2D eigenvalue weighted by Gasteiger charge is -2.20. The Labute approximate surface area is 128 Å². The summed E-state index contributed by atoms with van der Waals surface area (Å²) in [5.74, 6) is 0.674. The lowest BCUT2D eigenvalue weighted by atomic mass is 10.1. The summed E-state index contributed by atoms with van der Waals surface area (Å²) in [7, 11) is 1.74. The van der Waals surface area contributed by atoms with Gasteiger partial charge in [0, 0.05) is 31.8 Å². The average molecular weight is 293 g/mol. The number of carbonyl (C=O) groups excluding carboxylic acids is 1. The van der Waals surface area contributed by atoms with Crippen molar-refractivity contribution in [1.29, 1.82) is 5.26 Å². The second-order valence-electron chi connectivity index (χ2n) is 5.03. The largest absolute Gasteiger partial charge is 0.365 e. The summed E-state index contributed by atoms with van der Waals surface area (Å²) in [5, 5.41) is 16.5. The molecule has 0 atom stereocenters. The molecule has 0 radical (unpaired) electrons. The van der Waals surface area contributed by atoms with E-state index in [-0.39, 0.29) is 5.91 Å². The van der Waals surface area contributed by atoms with Gasteiger partial charge in [-0.25, -0.2) is 4.68 Å². The summed E-state index contributed by atoms with van der Waals surface area (Å²) in [5.41, 5.74) is 3.18. The third kappa shape index (κ3) is 2.23. The fourth-order valence-corrected chi connectivity index (χ4v) is 2.41. The molecule has 2 heterocycles. The van der Waals surface area contributed by atoms with Gasteiger partial charge in [-0.3, -0.25) is 4.79 Å². The Morgan fingerprint density at radius 2 is 2.32 bits per heavy atom. The van der Waals surface area contributed by atoms with Crippen molar-refractivity contribution in [3.05, 3.63) is 47.7 Å². The molecule has 22 heavy (non-hydrogen) atoms. The van der Waals surface area contributed by atoms with E-state index in [2.05, 4.69) is 16.5 Å². The first-order valence-electron chi connectivity index (χ1n) is 6.89. The highest BCUT2D eigenvalue weighted by atomic mass is 16.2. The molecule has 1 amide bonds. The van der Waals surface area contributed by atoms with E-state index < -0.39 is 0 Å². The van der Waals surface area contributed by atoms with E-state index in [1.54, 1.807) is 22.8 Å². The minimum absolute atomic E-state index is 0.0250. The Balaban J connectivity index is 2.04. The van der Waals surface area contributed by atoms with Gasteiger partial charge in [-0.1, -0.05) is 12.1 Å². The van der Waals surface area contributed by atoms with Crippen molar-refractivity contribution in [2.45, 2.75) is 6.92 Å². The molecule has 110 valence electrons. The predicted octanol–water partition coefficient (Wildman–Crippen LogP) is 2.05. The molecule has 6 heteroatoms. The Bertz CT molecular complexity index is 812. The van der Waals surface area contributed by atoms with Crippen LogP contribution in [0.5, 0.6) is 0 Å². The van der Waals surface area contributed by atoms with Crippen molar-refractivity contribution in [2.24, 2.45) is 0 Å². The number of amides is 1. The Hall–Kier alpha value is -3.07. The number of nitrogens with one attached hydrogen (secondary N) is 1. The van der Waals surface area contributed by atoms with Crippen LogP contribution in [-0.4, -0.2) is 29.3 Å². The maximum atomic E-state index is 11.5. The van der Waals surface area contributed by atoms with Gasteiger partial charge in [-0.05, 0) is 18.2 Å². The highest BCUT2D eigenvalue weighted by Crippen LogP contribution is 2.28. The van der Waals surface area contributed by atoms with Gasteiger partial charge >= 0.3 is 0 Å². The third-order valence-electron chi connectivity index (χ3n) is 3.68. The van der Waals surface area contributed by atoms with Gasteiger partial charge in [0.25, 0.3) is 0 Å². The Kier molecular flexibility index (Phi) is 3.39. The highest BCUT2D eigenvalue weighted by Gasteiger charge is 2.18. The van der Waals surface area contributed by atoms with Gasteiger partial charge in [0.15, 0.2) is 0 Å². The average Bonchev–Trinajstić information content (AvgIpc) is 2.97. The normalized spacial score (nSPS) is 12.7. The number of hydrogen-bond donors (Lipinski definition) is 1. The zero-order chi connectivity index (χ0) is 15.7. The molecule has 1 aromatic carbocycles. The minimum Gasteiger partial charge on any atom is -0.365 e. The van der Waals surface area contributed by atoms with Gasteiger partial charge in [0.1, 0.15) is 17.5 Å². The van der Waals surface area contributed by atoms with Crippen molar-refractivity contribution in [3.8, 4) is 6.07 Å². The standard InChI is InChI=1S/C16H15N5O/c1-11(22)20(2)14-5-3-4-12(8-14)15-6-7-18-16-13(9-17)10-19-21(15)16/h3-6,8,10,18H,7H2,1-2H3. The zero-order valence-electron chi connectivity index (χ0n) is 12.4. The molecule has 0 saturated heterocycles. The third-order valence-corrected chi connectivity index (χ3v) is 3.68. The van der Waals surface area contributed by atoms with Crippen molar-refractivity contribution >= 4 is 23.1 Å². The minimum atomic E-state index is -0.0250. The first kappa shape index (κ1) is 13.9. The first-order chi connectivity index (χ1) is 10.6. The van der Waals surface area contributed by atoms with Gasteiger partial charge in [0.05, 0.1) is 11.9 Å². The summed E-state index contributed by atoms with van der Waals surface area (Å²) >= 11 is 0. The van der Waals surface area contributed by atoms with E-state index in [1.807, 2.05) is 30.3 Å². The summed E-state index contributed by atoms with van der Waals surface area (Å²) in [6, 6.07) is 9.82. The molecule has 0 saturated carbocycles. The van der Waals surface area contributed by atoms with E-state index in [1.165, 1.54) is 6.92 Å². The van der Waals surface area contributed by atoms with Crippen LogP contribution in [0.25, 0.3) is 5.70 Å². The molecular formula is C16H15N5O. The Morgan fingerprint density at radius 3 is 3.05 bits per heavy atom. The molecule has 0 fully saturated rings. The van der Waals surface area contributed by atoms with Gasteiger partial charge in [-0.2, -0.15) is 10.4 Å². The zero-order valence-corrected chi connectivity index (χ0v) is 12.4. The summed E-state index contributed by atoms with van der Waals surface area (Å²) in [6.07, 6.45) is 3.56. The maximum Gasteiger partial charge on any atom is 0.223 e.